The van der Waals surface area contributed by atoms with Crippen molar-refractivity contribution in [2.75, 3.05) is 13.2 Å². The fourth-order valence-electron chi connectivity index (χ4n) is 3.62. The molecule has 0 spiro atoms. The Kier molecular flexibility index (Phi) is 6.25. The maximum Gasteiger partial charge on any atom is 0.251 e. The predicted octanol–water partition coefficient (Wildman–Crippen LogP) is 4.02. The number of hydrogen-bond acceptors (Lipinski definition) is 4. The second kappa shape index (κ2) is 9.41. The molecule has 6 heteroatoms. The van der Waals surface area contributed by atoms with Crippen LogP contribution in [0.15, 0.2) is 66.7 Å². The SMILES string of the molecule is N#Cc1ccccc1CN1CCOc2ccc(C(=O)NCc3ccc(F)cc3)cc2C1. The molecule has 0 aliphatic carbocycles. The normalized spacial score (nSPS) is 13.4. The van der Waals surface area contributed by atoms with E-state index in [1.54, 1.807) is 18.2 Å². The minimum atomic E-state index is -0.303. The van der Waals surface area contributed by atoms with Gasteiger partial charge in [0, 0.05) is 37.3 Å². The van der Waals surface area contributed by atoms with E-state index in [-0.39, 0.29) is 11.7 Å². The Morgan fingerprint density at radius 2 is 1.94 bits per heavy atom. The van der Waals surface area contributed by atoms with Crippen molar-refractivity contribution in [3.63, 3.8) is 0 Å². The topological polar surface area (TPSA) is 65.4 Å². The minimum Gasteiger partial charge on any atom is -0.492 e. The van der Waals surface area contributed by atoms with E-state index in [1.807, 2.05) is 36.4 Å². The smallest absolute Gasteiger partial charge is 0.251 e. The molecule has 1 aliphatic heterocycles. The summed E-state index contributed by atoms with van der Waals surface area (Å²) in [5.74, 6) is 0.270. The van der Waals surface area contributed by atoms with Crippen molar-refractivity contribution >= 4 is 5.91 Å². The molecule has 3 aromatic carbocycles. The molecule has 4 rings (SSSR count). The number of rotatable bonds is 5. The summed E-state index contributed by atoms with van der Waals surface area (Å²) in [5, 5.41) is 12.2. The fraction of sp³-hybridized carbons (Fsp3) is 0.200. The quantitative estimate of drug-likeness (QED) is 0.684. The third kappa shape index (κ3) is 5.08. The maximum atomic E-state index is 13.0. The van der Waals surface area contributed by atoms with E-state index in [2.05, 4.69) is 16.3 Å². The number of nitrogens with zero attached hydrogens (tertiary/aromatic N) is 2. The largest absolute Gasteiger partial charge is 0.492 e. The number of amides is 1. The molecule has 5 nitrogen and oxygen atoms in total. The van der Waals surface area contributed by atoms with Crippen LogP contribution in [0, 0.1) is 17.1 Å². The van der Waals surface area contributed by atoms with Crippen LogP contribution in [0.3, 0.4) is 0 Å². The van der Waals surface area contributed by atoms with E-state index >= 15 is 0 Å². The van der Waals surface area contributed by atoms with Crippen LogP contribution in [0.2, 0.25) is 0 Å². The lowest BCUT2D eigenvalue weighted by atomic mass is 10.1. The van der Waals surface area contributed by atoms with Crippen LogP contribution < -0.4 is 10.1 Å². The van der Waals surface area contributed by atoms with E-state index in [4.69, 9.17) is 4.74 Å². The van der Waals surface area contributed by atoms with Gasteiger partial charge >= 0.3 is 0 Å². The van der Waals surface area contributed by atoms with Gasteiger partial charge in [-0.15, -0.1) is 0 Å². The number of benzene rings is 3. The first kappa shape index (κ1) is 20.6. The molecular formula is C25H22FN3O2. The minimum absolute atomic E-state index is 0.197. The number of carbonyl (C=O) groups excluding carboxylic acids is 1. The molecule has 1 N–H and O–H groups in total. The molecule has 1 aliphatic rings. The van der Waals surface area contributed by atoms with E-state index < -0.39 is 0 Å². The predicted molar refractivity (Wildman–Crippen MR) is 115 cm³/mol. The van der Waals surface area contributed by atoms with Crippen LogP contribution in [0.25, 0.3) is 0 Å². The molecule has 156 valence electrons. The van der Waals surface area contributed by atoms with E-state index in [1.165, 1.54) is 12.1 Å². The molecular weight excluding hydrogens is 393 g/mol. The molecule has 0 saturated heterocycles. The van der Waals surface area contributed by atoms with E-state index in [9.17, 15) is 14.4 Å². The molecule has 0 aromatic heterocycles. The first-order valence-corrected chi connectivity index (χ1v) is 10.1. The second-order valence-electron chi connectivity index (χ2n) is 7.46. The Hall–Kier alpha value is -3.69. The number of nitrogens with one attached hydrogen (secondary N) is 1. The lowest BCUT2D eigenvalue weighted by Gasteiger charge is -2.20. The Bertz CT molecular complexity index is 1120. The van der Waals surface area contributed by atoms with Gasteiger partial charge < -0.3 is 10.1 Å². The standard InChI is InChI=1S/C25H22FN3O2/c26-23-8-5-18(6-9-23)15-28-25(30)19-7-10-24-22(13-19)17-29(11-12-31-24)16-21-4-2-1-3-20(21)14-27/h1-10,13H,11-12,15-17H2,(H,28,30). The average Bonchev–Trinajstić information content (AvgIpc) is 3.00. The molecule has 0 radical (unpaired) electrons. The number of hydrogen-bond donors (Lipinski definition) is 1. The zero-order valence-electron chi connectivity index (χ0n) is 17.0. The Morgan fingerprint density at radius 3 is 2.74 bits per heavy atom. The Balaban J connectivity index is 1.46. The Labute approximate surface area is 180 Å². The van der Waals surface area contributed by atoms with Crippen LogP contribution >= 0.6 is 0 Å². The van der Waals surface area contributed by atoms with Crippen LogP contribution in [0.5, 0.6) is 5.75 Å². The van der Waals surface area contributed by atoms with Crippen molar-refractivity contribution < 1.29 is 13.9 Å². The number of fused-ring (bicyclic) bond motifs is 1. The molecule has 0 atom stereocenters. The third-order valence-electron chi connectivity index (χ3n) is 5.28. The van der Waals surface area contributed by atoms with Gasteiger partial charge in [0.05, 0.1) is 11.6 Å². The zero-order valence-corrected chi connectivity index (χ0v) is 17.0. The Morgan fingerprint density at radius 1 is 1.13 bits per heavy atom. The molecule has 0 saturated carbocycles. The van der Waals surface area contributed by atoms with Gasteiger partial charge in [0.25, 0.3) is 5.91 Å². The molecule has 0 fully saturated rings. The van der Waals surface area contributed by atoms with Crippen LogP contribution in [0.4, 0.5) is 4.39 Å². The highest BCUT2D eigenvalue weighted by atomic mass is 19.1. The van der Waals surface area contributed by atoms with Crippen LogP contribution in [-0.4, -0.2) is 24.0 Å². The fourth-order valence-corrected chi connectivity index (χ4v) is 3.62. The lowest BCUT2D eigenvalue weighted by molar-refractivity contribution is 0.0950. The van der Waals surface area contributed by atoms with E-state index in [0.29, 0.717) is 37.4 Å². The molecule has 0 unspecified atom stereocenters. The zero-order chi connectivity index (χ0) is 21.6. The van der Waals surface area contributed by atoms with Crippen molar-refractivity contribution in [2.24, 2.45) is 0 Å². The summed E-state index contributed by atoms with van der Waals surface area (Å²) in [6.07, 6.45) is 0. The highest BCUT2D eigenvalue weighted by Gasteiger charge is 2.18. The van der Waals surface area contributed by atoms with E-state index in [0.717, 1.165) is 29.0 Å². The molecule has 1 heterocycles. The summed E-state index contributed by atoms with van der Waals surface area (Å²) >= 11 is 0. The van der Waals surface area contributed by atoms with Gasteiger partial charge in [-0.25, -0.2) is 4.39 Å². The van der Waals surface area contributed by atoms with Crippen molar-refractivity contribution in [1.82, 2.24) is 10.2 Å². The summed E-state index contributed by atoms with van der Waals surface area (Å²) < 4.78 is 18.9. The average molecular weight is 415 g/mol. The highest BCUT2D eigenvalue weighted by molar-refractivity contribution is 5.94. The number of ether oxygens (including phenoxy) is 1. The number of nitriles is 1. The summed E-state index contributed by atoms with van der Waals surface area (Å²) in [5.41, 5.74) is 3.95. The van der Waals surface area contributed by atoms with Crippen molar-refractivity contribution in [2.45, 2.75) is 19.6 Å². The van der Waals surface area contributed by atoms with Crippen LogP contribution in [0.1, 0.15) is 32.6 Å². The first-order valence-electron chi connectivity index (χ1n) is 10.1. The van der Waals surface area contributed by atoms with Crippen LogP contribution in [-0.2, 0) is 19.6 Å². The van der Waals surface area contributed by atoms with Gasteiger partial charge in [0.15, 0.2) is 0 Å². The number of halogens is 1. The maximum absolute atomic E-state index is 13.0. The monoisotopic (exact) mass is 415 g/mol. The number of carbonyl (C=O) groups is 1. The third-order valence-corrected chi connectivity index (χ3v) is 5.28. The molecule has 1 amide bonds. The summed E-state index contributed by atoms with van der Waals surface area (Å²) in [6, 6.07) is 21.3. The summed E-state index contributed by atoms with van der Waals surface area (Å²) in [4.78, 5) is 14.8. The summed E-state index contributed by atoms with van der Waals surface area (Å²) in [6.45, 7) is 2.84. The highest BCUT2D eigenvalue weighted by Crippen LogP contribution is 2.26. The van der Waals surface area contributed by atoms with Gasteiger partial charge in [-0.05, 0) is 47.5 Å². The molecule has 0 bridgehead atoms. The van der Waals surface area contributed by atoms with Gasteiger partial charge in [-0.2, -0.15) is 5.26 Å². The van der Waals surface area contributed by atoms with Gasteiger partial charge in [0.2, 0.25) is 0 Å². The first-order chi connectivity index (χ1) is 15.1. The van der Waals surface area contributed by atoms with Crippen molar-refractivity contribution in [3.8, 4) is 11.8 Å². The van der Waals surface area contributed by atoms with Gasteiger partial charge in [0.1, 0.15) is 18.2 Å². The van der Waals surface area contributed by atoms with Gasteiger partial charge in [-0.1, -0.05) is 30.3 Å². The lowest BCUT2D eigenvalue weighted by Crippen LogP contribution is -2.26. The molecule has 31 heavy (non-hydrogen) atoms. The van der Waals surface area contributed by atoms with Crippen molar-refractivity contribution in [3.05, 3.63) is 100 Å². The van der Waals surface area contributed by atoms with Crippen molar-refractivity contribution in [1.29, 1.82) is 5.26 Å². The summed E-state index contributed by atoms with van der Waals surface area (Å²) in [7, 11) is 0. The van der Waals surface area contributed by atoms with Gasteiger partial charge in [-0.3, -0.25) is 9.69 Å². The second-order valence-corrected chi connectivity index (χ2v) is 7.46. The molecule has 3 aromatic rings.